The van der Waals surface area contributed by atoms with Crippen molar-refractivity contribution >= 4 is 55.1 Å². The first kappa shape index (κ1) is 116. The van der Waals surface area contributed by atoms with Gasteiger partial charge in [0.05, 0.1) is 73.0 Å². The molecule has 3 N–H and O–H groups in total. The minimum Gasteiger partial charge on any atom is -0.624 e. The average molecular weight is 1670 g/mol. The molecule has 0 bridgehead atoms. The van der Waals surface area contributed by atoms with Gasteiger partial charge in [-0.05, 0) is 199 Å². The summed E-state index contributed by atoms with van der Waals surface area (Å²) in [4.78, 5) is 39.2. The van der Waals surface area contributed by atoms with E-state index < -0.39 is 54.1 Å². The van der Waals surface area contributed by atoms with Crippen molar-refractivity contribution in [3.8, 4) is 0 Å². The number of ketones is 2. The van der Waals surface area contributed by atoms with Crippen LogP contribution in [0.2, 0.25) is 0 Å². The molecule has 5 aromatic rings. The first-order chi connectivity index (χ1) is 43.4. The van der Waals surface area contributed by atoms with Gasteiger partial charge in [0, 0.05) is 65.5 Å². The van der Waals surface area contributed by atoms with Gasteiger partial charge >= 0.3 is 33.0 Å². The summed E-state index contributed by atoms with van der Waals surface area (Å²) in [6.07, 6.45) is 7.09. The van der Waals surface area contributed by atoms with Gasteiger partial charge in [0.15, 0.2) is 5.60 Å². The van der Waals surface area contributed by atoms with E-state index in [2.05, 4.69) is 171 Å². The number of rotatable bonds is 15. The number of nitrogens with zero attached hydrogens (tertiary/aromatic N) is 1. The average Bonchev–Trinajstić information content (AvgIpc) is 0.746. The van der Waals surface area contributed by atoms with Gasteiger partial charge in [0.25, 0.3) is 5.34 Å². The standard InChI is InChI=1S/C23H31O2P.C22H29O2P.C16H26NOP.C14H31O2P.3C3H7.2CH3.4Ni/c1-21(2,3)26(22(4,5)6)17-23(25,19-15-11-8-12-16-19)20(24)18-13-9-7-10-14-18;1-20(2,3)25(21(4,5)6)22(24,18-15-11-8-12-16-18)19(23)17-13-9-7-10-14-17;1-15(2,3)19(16(4,5)6)12-14(18)17-13-10-8-7-9-11-13;1-11(2,3)17(12(4,5)6)16-14(9,10)13(7,8)15;3*1-3-2;;;;;;/h7-16,25H,17H2,1-6H3;7-16,24H,1-6H3;7-11H,12H2,1-6H3,(H,17,18);15H,1-10H3;3*3H,1-2H3;2*1H3;;;;/q;;;;5*-1;;;2*+2/p+3. The molecule has 5 aromatic carbocycles. The summed E-state index contributed by atoms with van der Waals surface area (Å²) in [5.74, 6) is -0.386. The topological polar surface area (TPSA) is 135 Å². The van der Waals surface area contributed by atoms with Crippen LogP contribution >= 0.6 is 31.9 Å². The SMILES string of the molecule is CC(C)(C)[PH+](C(C)(C)C)C(O)(C(=O)c1ccccc1)c1ccccc1.CC(C)(C)[PH+](CC(=O)[N-]c1ccccc1)C(C)(C)C.CC(C)(C)[PH+](CC(O)(C(=O)c1ccccc1)c1ccccc1)C(C)(C)C.CC(C)(C)[PH+](OC(C)(C)C(C)(C)O)C(C)(C)C.C[CH-]C.C[CH-]C.C[CH-]C.[CH3-].[CH3-].[Ni+2].[Ni+2].[Ni].[Ni]. The third-order valence-electron chi connectivity index (χ3n) is 15.7. The van der Waals surface area contributed by atoms with Crippen molar-refractivity contribution in [2.45, 2.75) is 299 Å². The second kappa shape index (κ2) is 50.3. The Hall–Kier alpha value is -1.56. The van der Waals surface area contributed by atoms with E-state index in [0.717, 1.165) is 5.69 Å². The molecule has 0 aliphatic rings. The van der Waals surface area contributed by atoms with E-state index in [-0.39, 0.29) is 140 Å². The summed E-state index contributed by atoms with van der Waals surface area (Å²) < 4.78 is 6.38. The second-order valence-corrected chi connectivity index (χ2v) is 51.4. The second-order valence-electron chi connectivity index (χ2n) is 34.5. The molecule has 2 atom stereocenters. The molecule has 2 unspecified atom stereocenters. The van der Waals surface area contributed by atoms with E-state index in [0.29, 0.717) is 34.6 Å². The molecular weight excluding hydrogens is 1520 g/mol. The van der Waals surface area contributed by atoms with Crippen LogP contribution < -0.4 is 0 Å². The van der Waals surface area contributed by atoms with Crippen molar-refractivity contribution in [2.24, 2.45) is 0 Å². The minimum absolute atomic E-state index is 0. The molecule has 0 saturated heterocycles. The van der Waals surface area contributed by atoms with Crippen LogP contribution in [0.4, 0.5) is 5.69 Å². The van der Waals surface area contributed by atoms with Crippen LogP contribution in [-0.4, -0.2) is 97.6 Å². The van der Waals surface area contributed by atoms with Crippen molar-refractivity contribution in [1.29, 1.82) is 0 Å². The predicted octanol–water partition coefficient (Wildman–Crippen LogP) is 25.0. The fourth-order valence-corrected chi connectivity index (χ4v) is 28.9. The molecule has 0 radical (unpaired) electrons. The molecule has 0 aromatic heterocycles. The zero-order valence-electron chi connectivity index (χ0n) is 70.3. The molecular formula is C86H147NNi4O7P4+2. The maximum absolute atomic E-state index is 13.6. The number of carbonyl (C=O) groups is 3. The molecule has 1 amide bonds. The molecule has 5 rings (SSSR count). The van der Waals surface area contributed by atoms with Crippen molar-refractivity contribution in [3.63, 3.8) is 0 Å². The van der Waals surface area contributed by atoms with Gasteiger partial charge in [-0.25, -0.2) is 4.52 Å². The third-order valence-corrected chi connectivity index (χ3v) is 32.1. The smallest absolute Gasteiger partial charge is 0.624 e. The van der Waals surface area contributed by atoms with Gasteiger partial charge in [-0.3, -0.25) is 9.59 Å². The molecule has 102 heavy (non-hydrogen) atoms. The van der Waals surface area contributed by atoms with Crippen molar-refractivity contribution in [2.75, 3.05) is 12.3 Å². The summed E-state index contributed by atoms with van der Waals surface area (Å²) in [6.45, 7) is 72.6. The molecule has 0 fully saturated rings. The fourth-order valence-electron chi connectivity index (χ4n) is 12.1. The van der Waals surface area contributed by atoms with Crippen LogP contribution in [0.25, 0.3) is 5.32 Å². The Balaban J connectivity index is -0.000000183. The van der Waals surface area contributed by atoms with Crippen LogP contribution in [0.5, 0.6) is 0 Å². The normalized spacial score (nSPS) is 13.0. The van der Waals surface area contributed by atoms with E-state index in [1.54, 1.807) is 24.3 Å². The summed E-state index contributed by atoms with van der Waals surface area (Å²) in [6, 6.07) is 46.7. The Morgan fingerprint density at radius 3 is 0.912 bits per heavy atom. The van der Waals surface area contributed by atoms with Crippen LogP contribution in [0, 0.1) is 34.1 Å². The van der Waals surface area contributed by atoms with E-state index in [1.807, 2.05) is 216 Å². The molecule has 0 aliphatic carbocycles. The Labute approximate surface area is 674 Å². The number of hydrogen-bond donors (Lipinski definition) is 3. The van der Waals surface area contributed by atoms with Crippen LogP contribution in [-0.2, 0) is 86.2 Å². The largest absolute Gasteiger partial charge is 2.00 e. The molecule has 0 aliphatic heterocycles. The number of Topliss-reactive ketones (excluding diaryl/α,β-unsaturated/α-hetero) is 2. The minimum atomic E-state index is -1.61. The third kappa shape index (κ3) is 40.8. The first-order valence-electron chi connectivity index (χ1n) is 34.6. The maximum Gasteiger partial charge on any atom is 2.00 e. The first-order valence-corrected chi connectivity index (χ1v) is 40.9. The molecule has 0 heterocycles. The molecule has 0 saturated carbocycles. The van der Waals surface area contributed by atoms with Crippen molar-refractivity contribution in [3.05, 3.63) is 213 Å². The zero-order valence-corrected chi connectivity index (χ0v) is 78.2. The van der Waals surface area contributed by atoms with E-state index in [9.17, 15) is 29.7 Å². The number of carbonyl (C=O) groups excluding carboxylic acids is 3. The van der Waals surface area contributed by atoms with E-state index >= 15 is 0 Å². The molecule has 596 valence electrons. The van der Waals surface area contributed by atoms with Gasteiger partial charge in [-0.15, -0.1) is 5.69 Å². The van der Waals surface area contributed by atoms with Crippen LogP contribution in [0.1, 0.15) is 267 Å². The summed E-state index contributed by atoms with van der Waals surface area (Å²) >= 11 is 0. The Bertz CT molecular complexity index is 2890. The van der Waals surface area contributed by atoms with Gasteiger partial charge in [0.2, 0.25) is 11.6 Å². The number of benzene rings is 5. The van der Waals surface area contributed by atoms with E-state index in [1.165, 1.54) is 0 Å². The van der Waals surface area contributed by atoms with Crippen molar-refractivity contribution < 1.29 is 100 Å². The predicted molar refractivity (Wildman–Crippen MR) is 449 cm³/mol. The summed E-state index contributed by atoms with van der Waals surface area (Å²) in [7, 11) is -4.62. The van der Waals surface area contributed by atoms with Gasteiger partial charge < -0.3 is 59.5 Å². The van der Waals surface area contributed by atoms with Gasteiger partial charge in [0.1, 0.15) is 13.7 Å². The van der Waals surface area contributed by atoms with Gasteiger partial charge in [-0.1, -0.05) is 152 Å². The van der Waals surface area contributed by atoms with Crippen LogP contribution in [0.15, 0.2) is 152 Å². The summed E-state index contributed by atoms with van der Waals surface area (Å²) in [5, 5.41) is 37.2. The Morgan fingerprint density at radius 1 is 0.382 bits per heavy atom. The molecule has 8 nitrogen and oxygen atoms in total. The molecule has 16 heteroatoms. The van der Waals surface area contributed by atoms with Gasteiger partial charge in [-0.2, -0.15) is 41.5 Å². The van der Waals surface area contributed by atoms with Crippen molar-refractivity contribution in [1.82, 2.24) is 0 Å². The van der Waals surface area contributed by atoms with E-state index in [4.69, 9.17) is 4.52 Å². The fraction of sp³-hybridized carbons (Fsp3) is 0.558. The molecule has 0 spiro atoms. The number of para-hydroxylation sites is 1. The number of aliphatic hydroxyl groups is 3. The quantitative estimate of drug-likeness (QED) is 0.0411. The zero-order chi connectivity index (χ0) is 75.6. The van der Waals surface area contributed by atoms with Crippen LogP contribution in [0.3, 0.4) is 0 Å². The monoisotopic (exact) mass is 1660 g/mol. The Kier molecular flexibility index (Phi) is 57.3. The summed E-state index contributed by atoms with van der Waals surface area (Å²) in [5.41, 5.74) is 0.399. The number of amides is 1. The maximum atomic E-state index is 13.6. The Morgan fingerprint density at radius 2 is 0.647 bits per heavy atom. The number of hydrogen-bond acceptors (Lipinski definition) is 7.